The largest absolute Gasteiger partial charge is 0.492 e. The Kier molecular flexibility index (Phi) is 6.35. The van der Waals surface area contributed by atoms with Crippen LogP contribution < -0.4 is 10.1 Å². The van der Waals surface area contributed by atoms with Crippen LogP contribution in [0.25, 0.3) is 10.9 Å². The summed E-state index contributed by atoms with van der Waals surface area (Å²) in [5.41, 5.74) is 4.92. The van der Waals surface area contributed by atoms with Gasteiger partial charge in [-0.1, -0.05) is 24.3 Å². The molecule has 2 aromatic carbocycles. The monoisotopic (exact) mass is 512 g/mol. The van der Waals surface area contributed by atoms with Crippen molar-refractivity contribution >= 4 is 29.0 Å². The van der Waals surface area contributed by atoms with Crippen molar-refractivity contribution in [3.63, 3.8) is 0 Å². The van der Waals surface area contributed by atoms with Crippen LogP contribution in [-0.4, -0.2) is 65.7 Å². The molecule has 1 spiro atoms. The maximum absolute atomic E-state index is 13.3. The van der Waals surface area contributed by atoms with Crippen LogP contribution in [-0.2, 0) is 28.1 Å². The molecule has 1 aromatic heterocycles. The number of nitrogens with zero attached hydrogens (tertiary/aromatic N) is 3. The number of aromatic nitrogens is 1. The second-order valence-corrected chi connectivity index (χ2v) is 10.6. The van der Waals surface area contributed by atoms with Crippen LogP contribution in [0.15, 0.2) is 48.7 Å². The molecule has 0 radical (unpaired) electrons. The smallest absolute Gasteiger partial charge is 0.255 e. The number of carbonyl (C=O) groups excluding carboxylic acids is 3. The van der Waals surface area contributed by atoms with E-state index in [0.717, 1.165) is 55.6 Å². The van der Waals surface area contributed by atoms with E-state index in [1.54, 1.807) is 11.9 Å². The van der Waals surface area contributed by atoms with Crippen molar-refractivity contribution in [1.29, 1.82) is 0 Å². The lowest BCUT2D eigenvalue weighted by atomic mass is 9.74. The lowest BCUT2D eigenvalue weighted by Gasteiger charge is -2.38. The number of carbonyl (C=O) groups is 3. The molecule has 0 aliphatic carbocycles. The van der Waals surface area contributed by atoms with Crippen molar-refractivity contribution < 1.29 is 19.1 Å². The maximum Gasteiger partial charge on any atom is 0.255 e. The highest BCUT2D eigenvalue weighted by atomic mass is 16.5. The van der Waals surface area contributed by atoms with Crippen molar-refractivity contribution in [2.75, 3.05) is 26.7 Å². The lowest BCUT2D eigenvalue weighted by Crippen LogP contribution is -2.46. The Bertz CT molecular complexity index is 1410. The predicted molar refractivity (Wildman–Crippen MR) is 143 cm³/mol. The molecule has 1 N–H and O–H groups in total. The summed E-state index contributed by atoms with van der Waals surface area (Å²) in [5.74, 6) is 0.389. The van der Waals surface area contributed by atoms with E-state index < -0.39 is 6.04 Å². The third-order valence-electron chi connectivity index (χ3n) is 8.57. The minimum absolute atomic E-state index is 0.0602. The van der Waals surface area contributed by atoms with Crippen molar-refractivity contribution in [3.8, 4) is 5.75 Å². The van der Waals surface area contributed by atoms with E-state index in [2.05, 4.69) is 45.5 Å². The first-order valence-electron chi connectivity index (χ1n) is 13.3. The lowest BCUT2D eigenvalue weighted by molar-refractivity contribution is -0.125. The van der Waals surface area contributed by atoms with E-state index in [1.807, 2.05) is 18.3 Å². The van der Waals surface area contributed by atoms with Crippen LogP contribution >= 0.6 is 0 Å². The van der Waals surface area contributed by atoms with Gasteiger partial charge in [0.25, 0.3) is 5.91 Å². The number of likely N-dealkylation sites (tertiary alicyclic amines) is 1. The first-order chi connectivity index (χ1) is 18.5. The van der Waals surface area contributed by atoms with E-state index in [9.17, 15) is 14.4 Å². The molecule has 3 aliphatic rings. The number of nitrogens with one attached hydrogen (secondary N) is 1. The summed E-state index contributed by atoms with van der Waals surface area (Å²) in [5, 5.41) is 3.85. The molecule has 1 unspecified atom stereocenters. The molecular formula is C30H32N4O4. The Labute approximate surface area is 222 Å². The SMILES string of the molecule is CNC(=O)C(CCC=O)N1Cc2c(ccc3c2OCC32CCN(Cc3cccc4ncccc34)CC2)C1=O. The molecule has 0 saturated carbocycles. The van der Waals surface area contributed by atoms with Gasteiger partial charge in [0.1, 0.15) is 18.1 Å². The van der Waals surface area contributed by atoms with Gasteiger partial charge in [0.05, 0.1) is 18.7 Å². The molecule has 38 heavy (non-hydrogen) atoms. The molecule has 4 heterocycles. The first-order valence-corrected chi connectivity index (χ1v) is 13.3. The Hall–Kier alpha value is -3.78. The zero-order valence-corrected chi connectivity index (χ0v) is 21.6. The molecule has 3 aromatic rings. The fourth-order valence-corrected chi connectivity index (χ4v) is 6.42. The standard InChI is InChI=1S/C30H32N4O4/c1-31-28(36)26(8-4-16-35)34-18-23-22(29(34)37)9-10-24-27(23)38-19-30(24)11-14-33(15-12-30)17-20-5-2-7-25-21(20)6-3-13-32-25/h2-3,5-7,9-10,13,16,26H,4,8,11-12,14-15,17-19H2,1H3,(H,31,36). The summed E-state index contributed by atoms with van der Waals surface area (Å²) in [6, 6.07) is 13.8. The number of ether oxygens (including phenoxy) is 1. The number of hydrogen-bond acceptors (Lipinski definition) is 6. The third-order valence-corrected chi connectivity index (χ3v) is 8.57. The van der Waals surface area contributed by atoms with Crippen LogP contribution in [0.5, 0.6) is 5.75 Å². The second kappa shape index (κ2) is 9.83. The number of amides is 2. The molecule has 196 valence electrons. The summed E-state index contributed by atoms with van der Waals surface area (Å²) in [6.45, 7) is 3.76. The van der Waals surface area contributed by atoms with Gasteiger partial charge >= 0.3 is 0 Å². The highest BCUT2D eigenvalue weighted by Crippen LogP contribution is 2.49. The van der Waals surface area contributed by atoms with Gasteiger partial charge in [-0.05, 0) is 56.1 Å². The second-order valence-electron chi connectivity index (χ2n) is 10.6. The highest BCUT2D eigenvalue weighted by Gasteiger charge is 2.47. The van der Waals surface area contributed by atoms with Crippen LogP contribution in [0.4, 0.5) is 0 Å². The van der Waals surface area contributed by atoms with Gasteiger partial charge in [-0.25, -0.2) is 0 Å². The highest BCUT2D eigenvalue weighted by molar-refractivity contribution is 6.02. The maximum atomic E-state index is 13.3. The number of benzene rings is 2. The topological polar surface area (TPSA) is 91.8 Å². The number of aldehydes is 1. The predicted octanol–water partition coefficient (Wildman–Crippen LogP) is 3.21. The van der Waals surface area contributed by atoms with E-state index >= 15 is 0 Å². The number of pyridine rings is 1. The van der Waals surface area contributed by atoms with Gasteiger partial charge < -0.3 is 19.7 Å². The first kappa shape index (κ1) is 24.6. The summed E-state index contributed by atoms with van der Waals surface area (Å²) in [4.78, 5) is 45.4. The number of hydrogen-bond donors (Lipinski definition) is 1. The van der Waals surface area contributed by atoms with Crippen LogP contribution in [0.3, 0.4) is 0 Å². The normalized spacial score (nSPS) is 18.8. The Morgan fingerprint density at radius 1 is 1.18 bits per heavy atom. The quantitative estimate of drug-likeness (QED) is 0.489. The van der Waals surface area contributed by atoms with Crippen molar-refractivity contribution in [2.45, 2.75) is 50.2 Å². The number of fused-ring (bicyclic) bond motifs is 5. The molecule has 1 atom stereocenters. The van der Waals surface area contributed by atoms with Gasteiger partial charge in [0.2, 0.25) is 5.91 Å². The van der Waals surface area contributed by atoms with Crippen LogP contribution in [0.1, 0.15) is 52.7 Å². The average Bonchev–Trinajstić information content (AvgIpc) is 3.48. The molecule has 6 rings (SSSR count). The van der Waals surface area contributed by atoms with E-state index in [1.165, 1.54) is 16.5 Å². The Balaban J connectivity index is 1.20. The molecule has 1 saturated heterocycles. The molecule has 8 heteroatoms. The summed E-state index contributed by atoms with van der Waals surface area (Å²) >= 11 is 0. The van der Waals surface area contributed by atoms with Crippen molar-refractivity contribution in [2.24, 2.45) is 0 Å². The summed E-state index contributed by atoms with van der Waals surface area (Å²) < 4.78 is 6.33. The average molecular weight is 513 g/mol. The third kappa shape index (κ3) is 4.04. The fraction of sp³-hybridized carbons (Fsp3) is 0.400. The van der Waals surface area contributed by atoms with E-state index in [0.29, 0.717) is 25.1 Å². The Morgan fingerprint density at radius 2 is 2.03 bits per heavy atom. The van der Waals surface area contributed by atoms with Gasteiger partial charge in [-0.15, -0.1) is 0 Å². The zero-order valence-electron chi connectivity index (χ0n) is 21.6. The molecule has 1 fully saturated rings. The van der Waals surface area contributed by atoms with Crippen LogP contribution in [0.2, 0.25) is 0 Å². The summed E-state index contributed by atoms with van der Waals surface area (Å²) in [7, 11) is 1.55. The molecule has 0 bridgehead atoms. The number of piperidine rings is 1. The van der Waals surface area contributed by atoms with Gasteiger partial charge in [0.15, 0.2) is 0 Å². The van der Waals surface area contributed by atoms with Crippen molar-refractivity contribution in [1.82, 2.24) is 20.1 Å². The van der Waals surface area contributed by atoms with Gasteiger partial charge in [-0.3, -0.25) is 19.5 Å². The van der Waals surface area contributed by atoms with Crippen LogP contribution in [0, 0.1) is 0 Å². The Morgan fingerprint density at radius 3 is 2.82 bits per heavy atom. The molecule has 3 aliphatic heterocycles. The number of likely N-dealkylation sites (N-methyl/N-ethyl adjacent to an activating group) is 1. The molecular weight excluding hydrogens is 480 g/mol. The van der Waals surface area contributed by atoms with Crippen molar-refractivity contribution in [3.05, 3.63) is 70.9 Å². The zero-order chi connectivity index (χ0) is 26.3. The minimum Gasteiger partial charge on any atom is -0.492 e. The fourth-order valence-electron chi connectivity index (χ4n) is 6.42. The van der Waals surface area contributed by atoms with Gasteiger partial charge in [-0.2, -0.15) is 0 Å². The van der Waals surface area contributed by atoms with E-state index in [4.69, 9.17) is 4.74 Å². The van der Waals surface area contributed by atoms with E-state index in [-0.39, 0.29) is 23.7 Å². The molecule has 2 amide bonds. The van der Waals surface area contributed by atoms with Gasteiger partial charge in [0, 0.05) is 53.7 Å². The molecule has 8 nitrogen and oxygen atoms in total. The number of rotatable bonds is 7. The minimum atomic E-state index is -0.677. The summed E-state index contributed by atoms with van der Waals surface area (Å²) in [6.07, 6.45) is 5.12.